The zero-order valence-corrected chi connectivity index (χ0v) is 15.2. The van der Waals surface area contributed by atoms with Crippen LogP contribution in [-0.4, -0.2) is 50.7 Å². The fourth-order valence-electron chi connectivity index (χ4n) is 2.87. The van der Waals surface area contributed by atoms with Crippen LogP contribution in [0.3, 0.4) is 0 Å². The van der Waals surface area contributed by atoms with Gasteiger partial charge in [-0.3, -0.25) is 4.79 Å². The predicted octanol–water partition coefficient (Wildman–Crippen LogP) is 2.57. The van der Waals surface area contributed by atoms with E-state index < -0.39 is 10.0 Å². The molecule has 1 amide bonds. The van der Waals surface area contributed by atoms with Crippen molar-refractivity contribution in [3.63, 3.8) is 0 Å². The minimum absolute atomic E-state index is 0.0646. The normalized spacial score (nSPS) is 16.5. The van der Waals surface area contributed by atoms with Crippen molar-refractivity contribution in [1.29, 1.82) is 0 Å². The molecule has 1 aliphatic rings. The first-order chi connectivity index (χ1) is 10.7. The summed E-state index contributed by atoms with van der Waals surface area (Å²) >= 11 is 0. The summed E-state index contributed by atoms with van der Waals surface area (Å²) in [4.78, 5) is 14.9. The molecule has 0 aromatic heterocycles. The predicted molar refractivity (Wildman–Crippen MR) is 91.2 cm³/mol. The van der Waals surface area contributed by atoms with E-state index in [1.54, 1.807) is 13.0 Å². The lowest BCUT2D eigenvalue weighted by molar-refractivity contribution is 0.0761. The number of carbonyl (C=O) groups excluding carboxylic acids is 1. The first-order valence-electron chi connectivity index (χ1n) is 8.08. The average Bonchev–Trinajstić information content (AvgIpc) is 2.77. The number of benzene rings is 1. The molecule has 1 aromatic rings. The lowest BCUT2D eigenvalue weighted by Crippen LogP contribution is -2.32. The SMILES string of the molecule is Cc1cc(C(=O)N2CCCCCC2)cc(S(=O)(=O)N(C)C)c1C. The van der Waals surface area contributed by atoms with Crippen molar-refractivity contribution in [3.05, 3.63) is 28.8 Å². The number of carbonyl (C=O) groups is 1. The van der Waals surface area contributed by atoms with Crippen molar-refractivity contribution in [2.45, 2.75) is 44.4 Å². The summed E-state index contributed by atoms with van der Waals surface area (Å²) < 4.78 is 26.2. The van der Waals surface area contributed by atoms with Crippen LogP contribution in [0, 0.1) is 13.8 Å². The van der Waals surface area contributed by atoms with Crippen molar-refractivity contribution < 1.29 is 13.2 Å². The lowest BCUT2D eigenvalue weighted by atomic mass is 10.1. The maximum Gasteiger partial charge on any atom is 0.253 e. The summed E-state index contributed by atoms with van der Waals surface area (Å²) in [6.45, 7) is 5.14. The maximum absolute atomic E-state index is 12.8. The Morgan fingerprint density at radius 1 is 1.04 bits per heavy atom. The fourth-order valence-corrected chi connectivity index (χ4v) is 4.09. The Kier molecular flexibility index (Phi) is 5.47. The molecule has 128 valence electrons. The van der Waals surface area contributed by atoms with Crippen molar-refractivity contribution in [2.75, 3.05) is 27.2 Å². The largest absolute Gasteiger partial charge is 0.339 e. The van der Waals surface area contributed by atoms with Crippen molar-refractivity contribution >= 4 is 15.9 Å². The molecule has 23 heavy (non-hydrogen) atoms. The highest BCUT2D eigenvalue weighted by Crippen LogP contribution is 2.24. The second kappa shape index (κ2) is 7.01. The van der Waals surface area contributed by atoms with Crippen molar-refractivity contribution in [3.8, 4) is 0 Å². The van der Waals surface area contributed by atoms with E-state index >= 15 is 0 Å². The summed E-state index contributed by atoms with van der Waals surface area (Å²) in [5.41, 5.74) is 1.99. The van der Waals surface area contributed by atoms with E-state index in [9.17, 15) is 13.2 Å². The summed E-state index contributed by atoms with van der Waals surface area (Å²) in [6.07, 6.45) is 4.33. The Morgan fingerprint density at radius 3 is 2.13 bits per heavy atom. The van der Waals surface area contributed by atoms with E-state index in [0.717, 1.165) is 44.3 Å². The summed E-state index contributed by atoms with van der Waals surface area (Å²) in [5.74, 6) is -0.0646. The van der Waals surface area contributed by atoms with Gasteiger partial charge in [0.2, 0.25) is 10.0 Å². The van der Waals surface area contributed by atoms with Crippen LogP contribution < -0.4 is 0 Å². The van der Waals surface area contributed by atoms with Crippen molar-refractivity contribution in [2.24, 2.45) is 0 Å². The molecule has 0 unspecified atom stereocenters. The summed E-state index contributed by atoms with van der Waals surface area (Å²) in [7, 11) is -0.547. The third kappa shape index (κ3) is 3.75. The van der Waals surface area contributed by atoms with Crippen LogP contribution in [0.15, 0.2) is 17.0 Å². The smallest absolute Gasteiger partial charge is 0.253 e. The van der Waals surface area contributed by atoms with Gasteiger partial charge in [-0.1, -0.05) is 12.8 Å². The zero-order chi connectivity index (χ0) is 17.2. The van der Waals surface area contributed by atoms with Crippen molar-refractivity contribution in [1.82, 2.24) is 9.21 Å². The van der Waals surface area contributed by atoms with Gasteiger partial charge in [0.1, 0.15) is 0 Å². The molecule has 5 nitrogen and oxygen atoms in total. The number of sulfonamides is 1. The Morgan fingerprint density at radius 2 is 1.61 bits per heavy atom. The van der Waals surface area contributed by atoms with Crippen LogP contribution in [0.2, 0.25) is 0 Å². The molecular formula is C17H26N2O3S. The molecular weight excluding hydrogens is 312 g/mol. The molecule has 1 saturated heterocycles. The standard InChI is InChI=1S/C17H26N2O3S/c1-13-11-15(17(20)19-9-7-5-6-8-10-19)12-16(14(13)2)23(21,22)18(3)4/h11-12H,5-10H2,1-4H3. The number of hydrogen-bond acceptors (Lipinski definition) is 3. The minimum atomic E-state index is -3.56. The second-order valence-electron chi connectivity index (χ2n) is 6.41. The monoisotopic (exact) mass is 338 g/mol. The number of rotatable bonds is 3. The van der Waals surface area contributed by atoms with Crippen LogP contribution in [0.1, 0.15) is 47.2 Å². The van der Waals surface area contributed by atoms with Gasteiger partial charge in [-0.25, -0.2) is 12.7 Å². The summed E-state index contributed by atoms with van der Waals surface area (Å²) in [6, 6.07) is 3.34. The molecule has 0 N–H and O–H groups in total. The highest BCUT2D eigenvalue weighted by molar-refractivity contribution is 7.89. The molecule has 1 aliphatic heterocycles. The molecule has 0 aliphatic carbocycles. The number of likely N-dealkylation sites (tertiary alicyclic amines) is 1. The number of aryl methyl sites for hydroxylation is 1. The number of amides is 1. The van der Waals surface area contributed by atoms with Gasteiger partial charge in [0.05, 0.1) is 4.90 Å². The Hall–Kier alpha value is -1.40. The fraction of sp³-hybridized carbons (Fsp3) is 0.588. The van der Waals surface area contributed by atoms with E-state index in [1.807, 2.05) is 11.8 Å². The van der Waals surface area contributed by atoms with Crippen LogP contribution in [-0.2, 0) is 10.0 Å². The van der Waals surface area contributed by atoms with E-state index in [-0.39, 0.29) is 10.8 Å². The van der Waals surface area contributed by atoms with Crippen LogP contribution >= 0.6 is 0 Å². The maximum atomic E-state index is 12.8. The van der Waals surface area contributed by atoms with E-state index in [1.165, 1.54) is 24.5 Å². The Labute approximate surface area is 139 Å². The molecule has 6 heteroatoms. The van der Waals surface area contributed by atoms with Gasteiger partial charge in [-0.2, -0.15) is 0 Å². The first-order valence-corrected chi connectivity index (χ1v) is 9.52. The van der Waals surface area contributed by atoms with Gasteiger partial charge in [0, 0.05) is 32.7 Å². The highest BCUT2D eigenvalue weighted by Gasteiger charge is 2.25. The molecule has 0 spiro atoms. The topological polar surface area (TPSA) is 57.7 Å². The Balaban J connectivity index is 2.44. The zero-order valence-electron chi connectivity index (χ0n) is 14.4. The first kappa shape index (κ1) is 17.9. The quantitative estimate of drug-likeness (QED) is 0.851. The third-order valence-corrected chi connectivity index (χ3v) is 6.46. The second-order valence-corrected chi connectivity index (χ2v) is 8.53. The highest BCUT2D eigenvalue weighted by atomic mass is 32.2. The molecule has 1 heterocycles. The van der Waals surface area contributed by atoms with Gasteiger partial charge < -0.3 is 4.90 Å². The third-order valence-electron chi connectivity index (χ3n) is 4.52. The average molecular weight is 338 g/mol. The molecule has 1 fully saturated rings. The Bertz CT molecular complexity index is 688. The molecule has 0 atom stereocenters. The summed E-state index contributed by atoms with van der Waals surface area (Å²) in [5, 5.41) is 0. The number of hydrogen-bond donors (Lipinski definition) is 0. The van der Waals surface area contributed by atoms with Gasteiger partial charge >= 0.3 is 0 Å². The molecule has 2 rings (SSSR count). The molecule has 0 bridgehead atoms. The van der Waals surface area contributed by atoms with Crippen LogP contribution in [0.5, 0.6) is 0 Å². The molecule has 0 radical (unpaired) electrons. The van der Waals surface area contributed by atoms with E-state index in [0.29, 0.717) is 11.1 Å². The van der Waals surface area contributed by atoms with E-state index in [4.69, 9.17) is 0 Å². The minimum Gasteiger partial charge on any atom is -0.339 e. The van der Waals surface area contributed by atoms with E-state index in [2.05, 4.69) is 0 Å². The van der Waals surface area contributed by atoms with Gasteiger partial charge in [-0.15, -0.1) is 0 Å². The molecule has 1 aromatic carbocycles. The molecule has 0 saturated carbocycles. The van der Waals surface area contributed by atoms with Gasteiger partial charge in [-0.05, 0) is 49.9 Å². The number of nitrogens with zero attached hydrogens (tertiary/aromatic N) is 2. The van der Waals surface area contributed by atoms with Gasteiger partial charge in [0.15, 0.2) is 0 Å². The van der Waals surface area contributed by atoms with Crippen LogP contribution in [0.4, 0.5) is 0 Å². The van der Waals surface area contributed by atoms with Crippen LogP contribution in [0.25, 0.3) is 0 Å². The lowest BCUT2D eigenvalue weighted by Gasteiger charge is -2.22. The van der Waals surface area contributed by atoms with Gasteiger partial charge in [0.25, 0.3) is 5.91 Å².